The summed E-state index contributed by atoms with van der Waals surface area (Å²) in [4.78, 5) is 29.0. The van der Waals surface area contributed by atoms with E-state index in [2.05, 4.69) is 19.2 Å². The molecule has 0 aliphatic carbocycles. The first-order valence-electron chi connectivity index (χ1n) is 12.5. The topological polar surface area (TPSA) is 67.9 Å². The number of carbonyl (C=O) groups excluding carboxylic acids is 2. The average Bonchev–Trinajstić information content (AvgIpc) is 3.20. The second kappa shape index (κ2) is 13.2. The molecule has 4 rings (SSSR count). The molecule has 0 spiro atoms. The second-order valence-corrected chi connectivity index (χ2v) is 11.5. The van der Waals surface area contributed by atoms with E-state index in [4.69, 9.17) is 21.7 Å². The highest BCUT2D eigenvalue weighted by atomic mass is 32.2. The molecule has 1 fully saturated rings. The minimum absolute atomic E-state index is 0.167. The van der Waals surface area contributed by atoms with E-state index >= 15 is 0 Å². The van der Waals surface area contributed by atoms with Crippen molar-refractivity contribution in [2.75, 3.05) is 29.7 Å². The number of thioether (sulfide) groups is 2. The minimum atomic E-state index is -0.260. The van der Waals surface area contributed by atoms with Gasteiger partial charge in [-0.2, -0.15) is 0 Å². The number of ether oxygens (including phenoxy) is 2. The van der Waals surface area contributed by atoms with Crippen molar-refractivity contribution in [1.82, 2.24) is 0 Å². The van der Waals surface area contributed by atoms with Crippen LogP contribution in [-0.4, -0.2) is 35.6 Å². The van der Waals surface area contributed by atoms with Gasteiger partial charge < -0.3 is 14.8 Å². The SMILES string of the molecule is CCOc1cc(/C=C2/SC(=S)N(c3cccc(SC)c3)C2=O)ccc1OCC(=O)Nc1ccccc1C(C)C. The van der Waals surface area contributed by atoms with Crippen LogP contribution < -0.4 is 19.7 Å². The average molecular weight is 579 g/mol. The minimum Gasteiger partial charge on any atom is -0.490 e. The molecular formula is C30H30N2O4S3. The quantitative estimate of drug-likeness (QED) is 0.153. The number of carbonyl (C=O) groups is 2. The van der Waals surface area contributed by atoms with Crippen LogP contribution in [0, 0.1) is 0 Å². The molecule has 39 heavy (non-hydrogen) atoms. The van der Waals surface area contributed by atoms with Crippen LogP contribution in [0.3, 0.4) is 0 Å². The fraction of sp³-hybridized carbons (Fsp3) is 0.233. The highest BCUT2D eigenvalue weighted by molar-refractivity contribution is 8.27. The van der Waals surface area contributed by atoms with E-state index in [9.17, 15) is 9.59 Å². The maximum atomic E-state index is 13.2. The van der Waals surface area contributed by atoms with E-state index in [1.807, 2.05) is 67.8 Å². The van der Waals surface area contributed by atoms with Gasteiger partial charge in [0.2, 0.25) is 0 Å². The van der Waals surface area contributed by atoms with Crippen LogP contribution in [0.2, 0.25) is 0 Å². The van der Waals surface area contributed by atoms with Gasteiger partial charge in [-0.15, -0.1) is 11.8 Å². The van der Waals surface area contributed by atoms with Crippen molar-refractivity contribution in [2.24, 2.45) is 0 Å². The van der Waals surface area contributed by atoms with Gasteiger partial charge in [-0.05, 0) is 72.7 Å². The van der Waals surface area contributed by atoms with Crippen molar-refractivity contribution in [3.8, 4) is 11.5 Å². The third-order valence-corrected chi connectivity index (χ3v) is 7.91. The number of para-hydroxylation sites is 1. The second-order valence-electron chi connectivity index (χ2n) is 8.94. The Hall–Kier alpha value is -3.27. The molecule has 3 aromatic carbocycles. The molecule has 0 atom stereocenters. The van der Waals surface area contributed by atoms with Gasteiger partial charge in [0.25, 0.3) is 11.8 Å². The molecule has 202 valence electrons. The van der Waals surface area contributed by atoms with Crippen LogP contribution in [-0.2, 0) is 9.59 Å². The van der Waals surface area contributed by atoms with Crippen molar-refractivity contribution in [3.63, 3.8) is 0 Å². The van der Waals surface area contributed by atoms with E-state index in [-0.39, 0.29) is 24.3 Å². The molecule has 1 heterocycles. The van der Waals surface area contributed by atoms with Gasteiger partial charge in [0.05, 0.1) is 17.2 Å². The van der Waals surface area contributed by atoms with Crippen molar-refractivity contribution in [3.05, 3.63) is 82.8 Å². The lowest BCUT2D eigenvalue weighted by molar-refractivity contribution is -0.118. The Morgan fingerprint density at radius 2 is 1.87 bits per heavy atom. The number of amides is 2. The van der Waals surface area contributed by atoms with E-state index in [1.165, 1.54) is 11.8 Å². The number of hydrogen-bond acceptors (Lipinski definition) is 7. The van der Waals surface area contributed by atoms with Crippen molar-refractivity contribution < 1.29 is 19.1 Å². The maximum absolute atomic E-state index is 13.2. The first-order valence-corrected chi connectivity index (χ1v) is 15.0. The summed E-state index contributed by atoms with van der Waals surface area (Å²) >= 11 is 8.40. The molecule has 0 radical (unpaired) electrons. The number of hydrogen-bond donors (Lipinski definition) is 1. The van der Waals surface area contributed by atoms with Gasteiger partial charge >= 0.3 is 0 Å². The lowest BCUT2D eigenvalue weighted by atomic mass is 10.0. The molecule has 1 aliphatic heterocycles. The van der Waals surface area contributed by atoms with Gasteiger partial charge in [0, 0.05) is 10.6 Å². The summed E-state index contributed by atoms with van der Waals surface area (Å²) in [7, 11) is 0. The van der Waals surface area contributed by atoms with Crippen molar-refractivity contribution in [2.45, 2.75) is 31.6 Å². The molecule has 1 aliphatic rings. The number of rotatable bonds is 10. The number of thiocarbonyl (C=S) groups is 1. The van der Waals surface area contributed by atoms with Gasteiger partial charge in [0.15, 0.2) is 22.4 Å². The van der Waals surface area contributed by atoms with Crippen LogP contribution in [0.1, 0.15) is 37.8 Å². The predicted octanol–water partition coefficient (Wildman–Crippen LogP) is 7.35. The van der Waals surface area contributed by atoms with Crippen LogP contribution in [0.5, 0.6) is 11.5 Å². The summed E-state index contributed by atoms with van der Waals surface area (Å²) in [5, 5.41) is 2.93. The van der Waals surface area contributed by atoms with Crippen LogP contribution >= 0.6 is 35.7 Å². The van der Waals surface area contributed by atoms with Crippen LogP contribution in [0.4, 0.5) is 11.4 Å². The standard InChI is InChI=1S/C30H30N2O4S3/c1-5-35-26-15-20(16-27-29(34)32(30(37)39-27)21-9-8-10-22(17-21)38-4)13-14-25(26)36-18-28(33)31-24-12-7-6-11-23(24)19(2)3/h6-17,19H,5,18H2,1-4H3,(H,31,33)/b27-16+. The zero-order valence-electron chi connectivity index (χ0n) is 22.2. The van der Waals surface area contributed by atoms with Gasteiger partial charge in [-0.25, -0.2) is 0 Å². The molecule has 3 aromatic rings. The summed E-state index contributed by atoms with van der Waals surface area (Å²) in [6.07, 6.45) is 3.78. The first-order chi connectivity index (χ1) is 18.8. The Bertz CT molecular complexity index is 1420. The summed E-state index contributed by atoms with van der Waals surface area (Å²) in [5.41, 5.74) is 3.35. The van der Waals surface area contributed by atoms with Gasteiger partial charge in [-0.3, -0.25) is 14.5 Å². The van der Waals surface area contributed by atoms with E-state index in [0.717, 1.165) is 27.4 Å². The summed E-state index contributed by atoms with van der Waals surface area (Å²) < 4.78 is 12.1. The zero-order chi connectivity index (χ0) is 27.9. The summed E-state index contributed by atoms with van der Waals surface area (Å²) in [6.45, 7) is 6.29. The van der Waals surface area contributed by atoms with Gasteiger partial charge in [-0.1, -0.05) is 68.2 Å². The number of nitrogens with one attached hydrogen (secondary N) is 1. The smallest absolute Gasteiger partial charge is 0.270 e. The highest BCUT2D eigenvalue weighted by Gasteiger charge is 2.33. The molecule has 1 N–H and O–H groups in total. The zero-order valence-corrected chi connectivity index (χ0v) is 24.7. The molecule has 0 unspecified atom stereocenters. The van der Waals surface area contributed by atoms with Crippen LogP contribution in [0.25, 0.3) is 6.08 Å². The number of benzene rings is 3. The van der Waals surface area contributed by atoms with E-state index in [1.54, 1.807) is 34.9 Å². The third kappa shape index (κ3) is 7.03. The predicted molar refractivity (Wildman–Crippen MR) is 166 cm³/mol. The monoisotopic (exact) mass is 578 g/mol. The third-order valence-electron chi connectivity index (χ3n) is 5.89. The summed E-state index contributed by atoms with van der Waals surface area (Å²) in [5.74, 6) is 0.789. The molecule has 0 saturated carbocycles. The first kappa shape index (κ1) is 28.7. The normalized spacial score (nSPS) is 14.3. The molecule has 0 bridgehead atoms. The Labute approximate surface area is 243 Å². The highest BCUT2D eigenvalue weighted by Crippen LogP contribution is 2.38. The Morgan fingerprint density at radius 3 is 2.62 bits per heavy atom. The fourth-order valence-electron chi connectivity index (χ4n) is 4.04. The van der Waals surface area contributed by atoms with E-state index < -0.39 is 0 Å². The van der Waals surface area contributed by atoms with E-state index in [0.29, 0.717) is 27.3 Å². The van der Waals surface area contributed by atoms with Gasteiger partial charge in [0.1, 0.15) is 0 Å². The largest absolute Gasteiger partial charge is 0.490 e. The van der Waals surface area contributed by atoms with Crippen molar-refractivity contribution in [1.29, 1.82) is 0 Å². The molecule has 6 nitrogen and oxygen atoms in total. The fourth-order valence-corrected chi connectivity index (χ4v) is 5.79. The molecule has 0 aromatic heterocycles. The maximum Gasteiger partial charge on any atom is 0.270 e. The molecule has 2 amide bonds. The Morgan fingerprint density at radius 1 is 1.08 bits per heavy atom. The van der Waals surface area contributed by atoms with Crippen LogP contribution in [0.15, 0.2) is 76.5 Å². The molecule has 9 heteroatoms. The molecule has 1 saturated heterocycles. The number of anilines is 2. The summed E-state index contributed by atoms with van der Waals surface area (Å²) in [6, 6.07) is 20.8. The Balaban J connectivity index is 1.48. The molecular weight excluding hydrogens is 549 g/mol. The lowest BCUT2D eigenvalue weighted by Gasteiger charge is -2.15. The number of nitrogens with zero attached hydrogens (tertiary/aromatic N) is 1. The Kier molecular flexibility index (Phi) is 9.72. The van der Waals surface area contributed by atoms with Crippen molar-refractivity contribution >= 4 is 69.3 Å². The lowest BCUT2D eigenvalue weighted by Crippen LogP contribution is -2.27.